The summed E-state index contributed by atoms with van der Waals surface area (Å²) in [5.41, 5.74) is 3.11. The summed E-state index contributed by atoms with van der Waals surface area (Å²) in [6.07, 6.45) is 0.709. The summed E-state index contributed by atoms with van der Waals surface area (Å²) < 4.78 is 33.0. The number of methoxy groups -OCH3 is 1. The van der Waals surface area contributed by atoms with Crippen LogP contribution >= 0.6 is 0 Å². The minimum atomic E-state index is -3.56. The van der Waals surface area contributed by atoms with Gasteiger partial charge in [-0.05, 0) is 46.7 Å². The summed E-state index contributed by atoms with van der Waals surface area (Å²) in [5, 5.41) is 0. The largest absolute Gasteiger partial charge is 0.496 e. The van der Waals surface area contributed by atoms with Gasteiger partial charge in [-0.1, -0.05) is 52.0 Å². The molecule has 136 valence electrons. The van der Waals surface area contributed by atoms with E-state index in [4.69, 9.17) is 4.74 Å². The molecule has 5 heteroatoms. The predicted octanol–water partition coefficient (Wildman–Crippen LogP) is 4.03. The van der Waals surface area contributed by atoms with Crippen molar-refractivity contribution in [3.05, 3.63) is 59.2 Å². The Kier molecular flexibility index (Phi) is 5.91. The van der Waals surface area contributed by atoms with Crippen LogP contribution in [0.25, 0.3) is 0 Å². The molecule has 0 atom stereocenters. The molecule has 4 nitrogen and oxygen atoms in total. The highest BCUT2D eigenvalue weighted by atomic mass is 32.2. The van der Waals surface area contributed by atoms with E-state index in [-0.39, 0.29) is 16.9 Å². The van der Waals surface area contributed by atoms with Crippen LogP contribution in [-0.4, -0.2) is 15.5 Å². The van der Waals surface area contributed by atoms with Crippen molar-refractivity contribution in [2.75, 3.05) is 7.11 Å². The van der Waals surface area contributed by atoms with Gasteiger partial charge in [0.2, 0.25) is 10.0 Å². The molecule has 2 rings (SSSR count). The minimum absolute atomic E-state index is 0.0810. The Labute approximate surface area is 151 Å². The minimum Gasteiger partial charge on any atom is -0.496 e. The number of benzene rings is 2. The second-order valence-corrected chi connectivity index (χ2v) is 8.87. The van der Waals surface area contributed by atoms with E-state index in [0.29, 0.717) is 12.2 Å². The van der Waals surface area contributed by atoms with E-state index in [2.05, 4.69) is 25.5 Å². The zero-order chi connectivity index (χ0) is 18.7. The Bertz CT molecular complexity index is 819. The highest BCUT2D eigenvalue weighted by molar-refractivity contribution is 7.89. The van der Waals surface area contributed by atoms with Crippen molar-refractivity contribution in [2.45, 2.75) is 51.0 Å². The van der Waals surface area contributed by atoms with Crippen molar-refractivity contribution in [3.63, 3.8) is 0 Å². The van der Waals surface area contributed by atoms with Gasteiger partial charge < -0.3 is 4.74 Å². The fourth-order valence-electron chi connectivity index (χ4n) is 2.58. The van der Waals surface area contributed by atoms with Gasteiger partial charge in [0.15, 0.2) is 0 Å². The fraction of sp³-hybridized carbons (Fsp3) is 0.400. The Hall–Kier alpha value is -1.85. The Morgan fingerprint density at radius 1 is 1.04 bits per heavy atom. The molecule has 0 saturated heterocycles. The molecule has 2 aromatic rings. The van der Waals surface area contributed by atoms with Gasteiger partial charge in [-0.3, -0.25) is 0 Å². The van der Waals surface area contributed by atoms with E-state index in [1.165, 1.54) is 5.56 Å². The van der Waals surface area contributed by atoms with Gasteiger partial charge in [0.25, 0.3) is 0 Å². The van der Waals surface area contributed by atoms with Crippen LogP contribution in [0.5, 0.6) is 5.75 Å². The molecule has 0 aliphatic rings. The van der Waals surface area contributed by atoms with Crippen molar-refractivity contribution in [2.24, 2.45) is 0 Å². The molecule has 0 spiro atoms. The van der Waals surface area contributed by atoms with Crippen LogP contribution in [0.1, 0.15) is 44.4 Å². The summed E-state index contributed by atoms with van der Waals surface area (Å²) in [7, 11) is -1.97. The topological polar surface area (TPSA) is 55.4 Å². The average Bonchev–Trinajstić information content (AvgIpc) is 2.59. The Balaban J connectivity index is 2.14. The maximum Gasteiger partial charge on any atom is 0.240 e. The molecular weight excluding hydrogens is 334 g/mol. The van der Waals surface area contributed by atoms with E-state index >= 15 is 0 Å². The summed E-state index contributed by atoms with van der Waals surface area (Å²) in [6, 6.07) is 13.0. The van der Waals surface area contributed by atoms with E-state index in [1.54, 1.807) is 25.3 Å². The van der Waals surface area contributed by atoms with Gasteiger partial charge in [-0.15, -0.1) is 0 Å². The number of sulfonamides is 1. The highest BCUT2D eigenvalue weighted by Crippen LogP contribution is 2.24. The number of ether oxygens (including phenoxy) is 1. The summed E-state index contributed by atoms with van der Waals surface area (Å²) in [4.78, 5) is 0.261. The zero-order valence-corrected chi connectivity index (χ0v) is 16.4. The summed E-state index contributed by atoms with van der Waals surface area (Å²) in [5.74, 6) is 0.708. The molecule has 0 unspecified atom stereocenters. The number of hydrogen-bond donors (Lipinski definition) is 1. The first-order chi connectivity index (χ1) is 11.7. The normalized spacial score (nSPS) is 12.2. The van der Waals surface area contributed by atoms with E-state index in [1.807, 2.05) is 31.2 Å². The molecule has 1 N–H and O–H groups in total. The molecular formula is C20H27NO3S. The standard InChI is InChI=1S/C20H27NO3S/c1-6-16-13-18(11-12-19(16)24-5)25(22,23)21-14-15-7-9-17(10-8-15)20(2,3)4/h7-13,21H,6,14H2,1-5H3. The SMILES string of the molecule is CCc1cc(S(=O)(=O)NCc2ccc(C(C)(C)C)cc2)ccc1OC. The van der Waals surface area contributed by atoms with E-state index in [0.717, 1.165) is 11.1 Å². The maximum atomic E-state index is 12.5. The van der Waals surface area contributed by atoms with Gasteiger partial charge >= 0.3 is 0 Å². The third-order valence-corrected chi connectivity index (χ3v) is 5.63. The third-order valence-electron chi connectivity index (χ3n) is 4.23. The molecule has 0 bridgehead atoms. The van der Waals surface area contributed by atoms with Crippen LogP contribution in [-0.2, 0) is 28.4 Å². The lowest BCUT2D eigenvalue weighted by Gasteiger charge is -2.19. The molecule has 0 aliphatic carbocycles. The quantitative estimate of drug-likeness (QED) is 0.845. The zero-order valence-electron chi connectivity index (χ0n) is 15.6. The van der Waals surface area contributed by atoms with Gasteiger partial charge in [-0.2, -0.15) is 0 Å². The van der Waals surface area contributed by atoms with Crippen LogP contribution < -0.4 is 9.46 Å². The molecule has 2 aromatic carbocycles. The molecule has 0 saturated carbocycles. The van der Waals surface area contributed by atoms with Gasteiger partial charge in [0, 0.05) is 6.54 Å². The van der Waals surface area contributed by atoms with Crippen LogP contribution in [0.4, 0.5) is 0 Å². The van der Waals surface area contributed by atoms with Crippen molar-refractivity contribution >= 4 is 10.0 Å². The molecule has 0 radical (unpaired) electrons. The van der Waals surface area contributed by atoms with E-state index in [9.17, 15) is 8.42 Å². The van der Waals surface area contributed by atoms with Crippen LogP contribution in [0.2, 0.25) is 0 Å². The Morgan fingerprint density at radius 3 is 2.20 bits per heavy atom. The lowest BCUT2D eigenvalue weighted by atomic mass is 9.87. The monoisotopic (exact) mass is 361 g/mol. The number of aryl methyl sites for hydroxylation is 1. The molecule has 0 fully saturated rings. The van der Waals surface area contributed by atoms with Crippen LogP contribution in [0.3, 0.4) is 0 Å². The van der Waals surface area contributed by atoms with Crippen molar-refractivity contribution in [1.82, 2.24) is 4.72 Å². The van der Waals surface area contributed by atoms with Gasteiger partial charge in [-0.25, -0.2) is 13.1 Å². The molecule has 0 amide bonds. The van der Waals surface area contributed by atoms with Gasteiger partial charge in [0.1, 0.15) is 5.75 Å². The van der Waals surface area contributed by atoms with Crippen molar-refractivity contribution in [1.29, 1.82) is 0 Å². The average molecular weight is 362 g/mol. The lowest BCUT2D eigenvalue weighted by molar-refractivity contribution is 0.409. The third kappa shape index (κ3) is 4.83. The molecule has 0 heterocycles. The second kappa shape index (κ2) is 7.58. The van der Waals surface area contributed by atoms with E-state index < -0.39 is 10.0 Å². The maximum absolute atomic E-state index is 12.5. The first kappa shape index (κ1) is 19.5. The van der Waals surface area contributed by atoms with Crippen molar-refractivity contribution in [3.8, 4) is 5.75 Å². The summed E-state index contributed by atoms with van der Waals surface area (Å²) in [6.45, 7) is 8.69. The number of rotatable bonds is 6. The molecule has 25 heavy (non-hydrogen) atoms. The van der Waals surface area contributed by atoms with Gasteiger partial charge in [0.05, 0.1) is 12.0 Å². The second-order valence-electron chi connectivity index (χ2n) is 7.10. The predicted molar refractivity (Wildman–Crippen MR) is 102 cm³/mol. The number of hydrogen-bond acceptors (Lipinski definition) is 3. The smallest absolute Gasteiger partial charge is 0.240 e. The lowest BCUT2D eigenvalue weighted by Crippen LogP contribution is -2.23. The fourth-order valence-corrected chi connectivity index (χ4v) is 3.65. The van der Waals surface area contributed by atoms with Crippen molar-refractivity contribution < 1.29 is 13.2 Å². The first-order valence-electron chi connectivity index (χ1n) is 8.43. The first-order valence-corrected chi connectivity index (χ1v) is 9.91. The number of nitrogens with one attached hydrogen (secondary N) is 1. The van der Waals surface area contributed by atoms with Crippen LogP contribution in [0.15, 0.2) is 47.4 Å². The molecule has 0 aliphatic heterocycles. The summed E-state index contributed by atoms with van der Waals surface area (Å²) >= 11 is 0. The Morgan fingerprint density at radius 2 is 1.68 bits per heavy atom. The highest BCUT2D eigenvalue weighted by Gasteiger charge is 2.17. The van der Waals surface area contributed by atoms with Crippen LogP contribution in [0, 0.1) is 0 Å². The molecule has 0 aromatic heterocycles.